The van der Waals surface area contributed by atoms with Gasteiger partial charge in [-0.15, -0.1) is 11.3 Å². The molecule has 1 aliphatic heterocycles. The van der Waals surface area contributed by atoms with Gasteiger partial charge in [0.1, 0.15) is 17.0 Å². The van der Waals surface area contributed by atoms with Crippen LogP contribution in [-0.2, 0) is 4.79 Å². The zero-order chi connectivity index (χ0) is 15.0. The molecule has 5 nitrogen and oxygen atoms in total. The van der Waals surface area contributed by atoms with Crippen molar-refractivity contribution in [1.29, 1.82) is 0 Å². The van der Waals surface area contributed by atoms with E-state index in [9.17, 15) is 4.79 Å². The molecule has 0 aliphatic carbocycles. The molecule has 2 aromatic rings. The first-order chi connectivity index (χ1) is 9.92. The summed E-state index contributed by atoms with van der Waals surface area (Å²) in [5, 5.41) is 6.45. The van der Waals surface area contributed by atoms with Gasteiger partial charge in [-0.25, -0.2) is 9.97 Å². The zero-order valence-electron chi connectivity index (χ0n) is 12.6. The van der Waals surface area contributed by atoms with Crippen molar-refractivity contribution in [2.45, 2.75) is 33.2 Å². The molecule has 2 aromatic heterocycles. The largest absolute Gasteiger partial charge is 0.364 e. The van der Waals surface area contributed by atoms with Gasteiger partial charge < -0.3 is 10.2 Å². The van der Waals surface area contributed by atoms with Gasteiger partial charge in [0.25, 0.3) is 0 Å². The summed E-state index contributed by atoms with van der Waals surface area (Å²) in [6, 6.07) is 2.14. The summed E-state index contributed by atoms with van der Waals surface area (Å²) in [6.07, 6.45) is 2.11. The Kier molecular flexibility index (Phi) is 3.57. The van der Waals surface area contributed by atoms with E-state index in [0.29, 0.717) is 6.42 Å². The van der Waals surface area contributed by atoms with Crippen molar-refractivity contribution in [1.82, 2.24) is 14.9 Å². The predicted molar refractivity (Wildman–Crippen MR) is 85.5 cm³/mol. The SMILES string of the molecule is CC(C)(C)CN1CC(Nc2ncnc3sccc23)CC1=O. The number of carbonyl (C=O) groups is 1. The summed E-state index contributed by atoms with van der Waals surface area (Å²) in [5.41, 5.74) is 0.125. The fraction of sp³-hybridized carbons (Fsp3) is 0.533. The van der Waals surface area contributed by atoms with Crippen molar-refractivity contribution in [2.24, 2.45) is 5.41 Å². The second kappa shape index (κ2) is 5.26. The molecule has 6 heteroatoms. The Morgan fingerprint density at radius 2 is 2.24 bits per heavy atom. The monoisotopic (exact) mass is 304 g/mol. The van der Waals surface area contributed by atoms with Crippen LogP contribution < -0.4 is 5.32 Å². The van der Waals surface area contributed by atoms with Crippen molar-refractivity contribution < 1.29 is 4.79 Å². The molecule has 1 fully saturated rings. The molecule has 0 bridgehead atoms. The number of amides is 1. The average Bonchev–Trinajstić information content (AvgIpc) is 2.96. The molecule has 3 rings (SSSR count). The van der Waals surface area contributed by atoms with Crippen LogP contribution in [0.15, 0.2) is 17.8 Å². The number of nitrogens with zero attached hydrogens (tertiary/aromatic N) is 3. The lowest BCUT2D eigenvalue weighted by atomic mass is 9.96. The van der Waals surface area contributed by atoms with Crippen LogP contribution in [0.2, 0.25) is 0 Å². The van der Waals surface area contributed by atoms with E-state index in [0.717, 1.165) is 29.1 Å². The second-order valence-electron chi connectivity index (χ2n) is 6.74. The summed E-state index contributed by atoms with van der Waals surface area (Å²) >= 11 is 1.60. The number of hydrogen-bond donors (Lipinski definition) is 1. The number of aromatic nitrogens is 2. The highest BCUT2D eigenvalue weighted by atomic mass is 32.1. The van der Waals surface area contributed by atoms with Gasteiger partial charge in [0.15, 0.2) is 0 Å². The van der Waals surface area contributed by atoms with E-state index < -0.39 is 0 Å². The van der Waals surface area contributed by atoms with Crippen molar-refractivity contribution in [3.05, 3.63) is 17.8 Å². The molecule has 21 heavy (non-hydrogen) atoms. The summed E-state index contributed by atoms with van der Waals surface area (Å²) < 4.78 is 0. The fourth-order valence-electron chi connectivity index (χ4n) is 2.69. The minimum absolute atomic E-state index is 0.123. The van der Waals surface area contributed by atoms with E-state index in [1.165, 1.54) is 0 Å². The molecule has 1 N–H and O–H groups in total. The molecule has 1 atom stereocenters. The molecule has 0 saturated carbocycles. The Hall–Kier alpha value is -1.69. The number of hydrogen-bond acceptors (Lipinski definition) is 5. The quantitative estimate of drug-likeness (QED) is 0.947. The number of fused-ring (bicyclic) bond motifs is 1. The van der Waals surface area contributed by atoms with Crippen LogP contribution in [0, 0.1) is 5.41 Å². The van der Waals surface area contributed by atoms with Gasteiger partial charge in [-0.2, -0.15) is 0 Å². The molecule has 1 saturated heterocycles. The number of carbonyl (C=O) groups excluding carboxylic acids is 1. The average molecular weight is 304 g/mol. The molecule has 3 heterocycles. The molecule has 0 radical (unpaired) electrons. The van der Waals surface area contributed by atoms with E-state index in [-0.39, 0.29) is 17.4 Å². The predicted octanol–water partition coefficient (Wildman–Crippen LogP) is 2.75. The van der Waals surface area contributed by atoms with E-state index in [2.05, 4.69) is 36.1 Å². The number of likely N-dealkylation sites (tertiary alicyclic amines) is 1. The van der Waals surface area contributed by atoms with E-state index in [1.807, 2.05) is 16.3 Å². The lowest BCUT2D eigenvalue weighted by molar-refractivity contribution is -0.128. The molecule has 0 spiro atoms. The first-order valence-electron chi connectivity index (χ1n) is 7.15. The minimum atomic E-state index is 0.123. The summed E-state index contributed by atoms with van der Waals surface area (Å²) in [5.74, 6) is 1.05. The molecular weight excluding hydrogens is 284 g/mol. The maximum atomic E-state index is 12.1. The Bertz CT molecular complexity index is 661. The number of thiophene rings is 1. The Labute approximate surface area is 128 Å². The van der Waals surface area contributed by atoms with E-state index in [4.69, 9.17) is 0 Å². The number of nitrogens with one attached hydrogen (secondary N) is 1. The van der Waals surface area contributed by atoms with Crippen LogP contribution >= 0.6 is 11.3 Å². The Morgan fingerprint density at radius 3 is 3.00 bits per heavy atom. The minimum Gasteiger partial charge on any atom is -0.364 e. The van der Waals surface area contributed by atoms with Gasteiger partial charge in [-0.1, -0.05) is 20.8 Å². The third-order valence-electron chi connectivity index (χ3n) is 3.48. The highest BCUT2D eigenvalue weighted by Crippen LogP contribution is 2.26. The molecule has 1 aliphatic rings. The lowest BCUT2D eigenvalue weighted by Crippen LogP contribution is -2.35. The number of anilines is 1. The standard InChI is InChI=1S/C15H20N4OS/c1-15(2,3)8-19-7-10(6-12(19)20)18-13-11-4-5-21-14(11)17-9-16-13/h4-5,9-10H,6-8H2,1-3H3,(H,16,17,18). The van der Waals surface area contributed by atoms with Gasteiger partial charge in [-0.05, 0) is 16.9 Å². The summed E-state index contributed by atoms with van der Waals surface area (Å²) in [6.45, 7) is 7.99. The zero-order valence-corrected chi connectivity index (χ0v) is 13.4. The molecule has 0 aromatic carbocycles. The topological polar surface area (TPSA) is 58.1 Å². The Morgan fingerprint density at radius 1 is 1.43 bits per heavy atom. The Balaban J connectivity index is 1.72. The lowest BCUT2D eigenvalue weighted by Gasteiger charge is -2.26. The van der Waals surface area contributed by atoms with Crippen LogP contribution in [0.4, 0.5) is 5.82 Å². The van der Waals surface area contributed by atoms with Crippen molar-refractivity contribution in [3.63, 3.8) is 0 Å². The van der Waals surface area contributed by atoms with E-state index in [1.54, 1.807) is 17.7 Å². The maximum Gasteiger partial charge on any atom is 0.224 e. The smallest absolute Gasteiger partial charge is 0.224 e. The molecule has 1 amide bonds. The van der Waals surface area contributed by atoms with Crippen LogP contribution in [0.25, 0.3) is 10.2 Å². The van der Waals surface area contributed by atoms with E-state index >= 15 is 0 Å². The van der Waals surface area contributed by atoms with Crippen LogP contribution in [-0.4, -0.2) is 39.9 Å². The summed E-state index contributed by atoms with van der Waals surface area (Å²) in [7, 11) is 0. The van der Waals surface area contributed by atoms with Crippen LogP contribution in [0.5, 0.6) is 0 Å². The van der Waals surface area contributed by atoms with Crippen molar-refractivity contribution >= 4 is 33.3 Å². The van der Waals surface area contributed by atoms with Crippen molar-refractivity contribution in [3.8, 4) is 0 Å². The van der Waals surface area contributed by atoms with Crippen LogP contribution in [0.1, 0.15) is 27.2 Å². The highest BCUT2D eigenvalue weighted by molar-refractivity contribution is 7.16. The first-order valence-corrected chi connectivity index (χ1v) is 8.03. The van der Waals surface area contributed by atoms with Gasteiger partial charge in [-0.3, -0.25) is 4.79 Å². The maximum absolute atomic E-state index is 12.1. The normalized spacial score (nSPS) is 19.5. The molecular formula is C15H20N4OS. The van der Waals surface area contributed by atoms with Gasteiger partial charge >= 0.3 is 0 Å². The van der Waals surface area contributed by atoms with Gasteiger partial charge in [0.2, 0.25) is 5.91 Å². The third kappa shape index (κ3) is 3.15. The molecule has 1 unspecified atom stereocenters. The third-order valence-corrected chi connectivity index (χ3v) is 4.30. The first kappa shape index (κ1) is 14.3. The molecule has 112 valence electrons. The van der Waals surface area contributed by atoms with Crippen LogP contribution in [0.3, 0.4) is 0 Å². The van der Waals surface area contributed by atoms with Gasteiger partial charge in [0, 0.05) is 19.5 Å². The van der Waals surface area contributed by atoms with Gasteiger partial charge in [0.05, 0.1) is 11.4 Å². The highest BCUT2D eigenvalue weighted by Gasteiger charge is 2.32. The van der Waals surface area contributed by atoms with Crippen molar-refractivity contribution in [2.75, 3.05) is 18.4 Å². The second-order valence-corrected chi connectivity index (χ2v) is 7.64. The summed E-state index contributed by atoms with van der Waals surface area (Å²) in [4.78, 5) is 23.6. The number of rotatable bonds is 3. The fourth-order valence-corrected chi connectivity index (χ4v) is 3.43.